The number of rotatable bonds is 35. The number of carbonyl (C=O) groups excluding carboxylic acids is 2. The molecule has 3 aliphatic heterocycles. The van der Waals surface area contributed by atoms with Crippen LogP contribution < -0.4 is 0 Å². The SMILES string of the molecule is CCCC[C@@H](CCC[C@H](O)[C@H](O)CCCCCCCCCCCCCC[C@@H](O)C(=O)O)OC1OC[C@H](O)[C@@H](O)[C@@H]1O[C@H]1OC[C@H](OC(C)=O)[C@@H](O)[C@@H]1O[C@H]1O[C@@H](COC(=O)CC(C)C)[C@H](O)[C@@H](O)[C@@H]1O. The van der Waals surface area contributed by atoms with Crippen LogP contribution in [0.15, 0.2) is 0 Å². The van der Waals surface area contributed by atoms with Crippen molar-refractivity contribution in [2.45, 2.75) is 267 Å². The van der Waals surface area contributed by atoms with Gasteiger partial charge in [0.15, 0.2) is 31.1 Å². The number of esters is 2. The Labute approximate surface area is 413 Å². The Morgan fingerprint density at radius 2 is 1.13 bits per heavy atom. The summed E-state index contributed by atoms with van der Waals surface area (Å²) in [4.78, 5) is 34.9. The van der Waals surface area contributed by atoms with Crippen molar-refractivity contribution in [1.82, 2.24) is 0 Å². The highest BCUT2D eigenvalue weighted by atomic mass is 16.8. The second-order valence-corrected chi connectivity index (χ2v) is 19.7. The minimum Gasteiger partial charge on any atom is -0.479 e. The number of ether oxygens (including phenoxy) is 8. The average Bonchev–Trinajstić information content (AvgIpc) is 3.31. The van der Waals surface area contributed by atoms with E-state index in [1.807, 2.05) is 20.8 Å². The summed E-state index contributed by atoms with van der Waals surface area (Å²) >= 11 is 0. The van der Waals surface area contributed by atoms with Crippen molar-refractivity contribution in [3.63, 3.8) is 0 Å². The first-order valence-electron chi connectivity index (χ1n) is 25.9. The van der Waals surface area contributed by atoms with Gasteiger partial charge in [-0.2, -0.15) is 0 Å². The maximum atomic E-state index is 12.3. The molecular formula is C49H88O21. The predicted octanol–water partition coefficient (Wildman–Crippen LogP) is 2.26. The summed E-state index contributed by atoms with van der Waals surface area (Å²) in [5.41, 5.74) is 0. The Kier molecular flexibility index (Phi) is 29.8. The fourth-order valence-electron chi connectivity index (χ4n) is 8.83. The van der Waals surface area contributed by atoms with Crippen LogP contribution >= 0.6 is 0 Å². The van der Waals surface area contributed by atoms with Crippen molar-refractivity contribution in [1.29, 1.82) is 0 Å². The van der Waals surface area contributed by atoms with Gasteiger partial charge in [0.2, 0.25) is 0 Å². The molecule has 21 nitrogen and oxygen atoms in total. The van der Waals surface area contributed by atoms with Gasteiger partial charge in [0.25, 0.3) is 0 Å². The number of carboxylic acids is 1. The topological polar surface area (TPSA) is 327 Å². The van der Waals surface area contributed by atoms with E-state index in [0.29, 0.717) is 38.5 Å². The van der Waals surface area contributed by atoms with Crippen LogP contribution in [-0.4, -0.2) is 193 Å². The second kappa shape index (κ2) is 33.6. The van der Waals surface area contributed by atoms with E-state index in [0.717, 1.165) is 96.8 Å². The lowest BCUT2D eigenvalue weighted by atomic mass is 9.98. The Morgan fingerprint density at radius 1 is 0.600 bits per heavy atom. The average molecular weight is 1010 g/mol. The van der Waals surface area contributed by atoms with Crippen molar-refractivity contribution < 1.29 is 103 Å². The molecule has 0 aromatic carbocycles. The van der Waals surface area contributed by atoms with E-state index in [1.165, 1.54) is 0 Å². The third-order valence-electron chi connectivity index (χ3n) is 13.1. The van der Waals surface area contributed by atoms with Crippen LogP contribution in [0.2, 0.25) is 0 Å². The number of unbranched alkanes of at least 4 members (excludes halogenated alkanes) is 12. The molecule has 0 saturated carbocycles. The van der Waals surface area contributed by atoms with Crippen LogP contribution in [-0.2, 0) is 52.3 Å². The highest BCUT2D eigenvalue weighted by Gasteiger charge is 2.52. The number of aliphatic hydroxyl groups excluding tert-OH is 9. The summed E-state index contributed by atoms with van der Waals surface area (Å²) in [6.45, 7) is 5.49. The fraction of sp³-hybridized carbons (Fsp3) is 0.939. The standard InChI is InChI=1S/C49H88O21/c1-5-6-20-31(21-19-24-33(52)32(51)22-17-15-13-11-9-7-8-10-12-14-16-18-23-34(53)46(61)62)67-48-44(39(56)35(54)26-64-48)70-49-45(41(58)37(28-65-49)66-30(4)50)69-47-43(60)42(59)40(57)36(68-47)27-63-38(55)25-29(2)3/h29,31-37,39-45,47-49,51-54,56-60H,5-28H2,1-4H3,(H,61,62)/t31-,32+,33-,34+,35-,36-,37-,39+,40-,41+,42+,43-,44-,45-,47+,48?,49+/m0/s1. The monoisotopic (exact) mass is 1010 g/mol. The number of carbonyl (C=O) groups is 3. The zero-order chi connectivity index (χ0) is 51.8. The number of aliphatic carboxylic acids is 1. The van der Waals surface area contributed by atoms with E-state index < -0.39 is 135 Å². The van der Waals surface area contributed by atoms with Gasteiger partial charge in [0.1, 0.15) is 61.5 Å². The Morgan fingerprint density at radius 3 is 1.70 bits per heavy atom. The lowest BCUT2D eigenvalue weighted by Gasteiger charge is -2.46. The molecule has 3 aliphatic rings. The molecule has 21 heteroatoms. The molecule has 70 heavy (non-hydrogen) atoms. The molecule has 3 fully saturated rings. The van der Waals surface area contributed by atoms with Gasteiger partial charge in [0.05, 0.1) is 31.5 Å². The van der Waals surface area contributed by atoms with Gasteiger partial charge in [-0.05, 0) is 44.4 Å². The molecule has 0 amide bonds. The van der Waals surface area contributed by atoms with E-state index in [9.17, 15) is 60.3 Å². The molecule has 0 radical (unpaired) electrons. The first-order valence-corrected chi connectivity index (χ1v) is 25.9. The van der Waals surface area contributed by atoms with Crippen molar-refractivity contribution in [3.05, 3.63) is 0 Å². The molecule has 3 saturated heterocycles. The predicted molar refractivity (Wildman–Crippen MR) is 248 cm³/mol. The second-order valence-electron chi connectivity index (χ2n) is 19.7. The third-order valence-corrected chi connectivity index (χ3v) is 13.1. The lowest BCUT2D eigenvalue weighted by molar-refractivity contribution is -0.380. The smallest absolute Gasteiger partial charge is 0.332 e. The van der Waals surface area contributed by atoms with E-state index in [-0.39, 0.29) is 18.9 Å². The zero-order valence-electron chi connectivity index (χ0n) is 41.8. The van der Waals surface area contributed by atoms with Gasteiger partial charge in [-0.3, -0.25) is 9.59 Å². The molecule has 17 atom stereocenters. The Hall–Kier alpha value is -2.19. The minimum atomic E-state index is -1.91. The van der Waals surface area contributed by atoms with E-state index in [1.54, 1.807) is 0 Å². The van der Waals surface area contributed by atoms with Crippen molar-refractivity contribution in [2.75, 3.05) is 19.8 Å². The van der Waals surface area contributed by atoms with Crippen molar-refractivity contribution in [3.8, 4) is 0 Å². The molecule has 3 rings (SSSR count). The summed E-state index contributed by atoms with van der Waals surface area (Å²) in [6.07, 6.45) is -7.89. The first kappa shape index (κ1) is 62.1. The zero-order valence-corrected chi connectivity index (χ0v) is 41.8. The number of hydrogen-bond acceptors (Lipinski definition) is 20. The number of carboxylic acid groups (broad SMARTS) is 1. The maximum Gasteiger partial charge on any atom is 0.332 e. The molecule has 1 unspecified atom stereocenters. The highest BCUT2D eigenvalue weighted by Crippen LogP contribution is 2.33. The van der Waals surface area contributed by atoms with Gasteiger partial charge in [0, 0.05) is 13.3 Å². The fourth-order valence-corrected chi connectivity index (χ4v) is 8.83. The lowest BCUT2D eigenvalue weighted by Crippen LogP contribution is -2.65. The minimum absolute atomic E-state index is 0.0270. The van der Waals surface area contributed by atoms with Gasteiger partial charge in [-0.15, -0.1) is 0 Å². The Balaban J connectivity index is 1.53. The number of hydrogen-bond donors (Lipinski definition) is 10. The van der Waals surface area contributed by atoms with Crippen molar-refractivity contribution >= 4 is 17.9 Å². The molecule has 410 valence electrons. The third kappa shape index (κ3) is 22.1. The van der Waals surface area contributed by atoms with Gasteiger partial charge >= 0.3 is 17.9 Å². The summed E-state index contributed by atoms with van der Waals surface area (Å²) in [7, 11) is 0. The molecule has 0 aliphatic carbocycles. The van der Waals surface area contributed by atoms with Gasteiger partial charge in [-0.1, -0.05) is 111 Å². The number of aliphatic hydroxyl groups is 9. The molecule has 10 N–H and O–H groups in total. The summed E-state index contributed by atoms with van der Waals surface area (Å²) in [6, 6.07) is 0. The van der Waals surface area contributed by atoms with Gasteiger partial charge in [-0.25, -0.2) is 4.79 Å². The molecule has 0 aromatic rings. The van der Waals surface area contributed by atoms with Crippen LogP contribution in [0.4, 0.5) is 0 Å². The maximum absolute atomic E-state index is 12.3. The summed E-state index contributed by atoms with van der Waals surface area (Å²) in [5, 5.41) is 105. The Bertz CT molecular complexity index is 1440. The van der Waals surface area contributed by atoms with Crippen LogP contribution in [0, 0.1) is 5.92 Å². The quantitative estimate of drug-likeness (QED) is 0.0321. The van der Waals surface area contributed by atoms with E-state index in [4.69, 9.17) is 43.0 Å². The van der Waals surface area contributed by atoms with Gasteiger partial charge < -0.3 is 89.0 Å². The van der Waals surface area contributed by atoms with Crippen LogP contribution in [0.5, 0.6) is 0 Å². The van der Waals surface area contributed by atoms with Crippen LogP contribution in [0.3, 0.4) is 0 Å². The summed E-state index contributed by atoms with van der Waals surface area (Å²) in [5.74, 6) is -2.54. The molecule has 0 aromatic heterocycles. The largest absolute Gasteiger partial charge is 0.479 e. The molecular weight excluding hydrogens is 925 g/mol. The van der Waals surface area contributed by atoms with Crippen LogP contribution in [0.25, 0.3) is 0 Å². The molecule has 0 bridgehead atoms. The molecule has 0 spiro atoms. The highest BCUT2D eigenvalue weighted by molar-refractivity contribution is 5.71. The van der Waals surface area contributed by atoms with E-state index >= 15 is 0 Å². The first-order chi connectivity index (χ1) is 33.3. The summed E-state index contributed by atoms with van der Waals surface area (Å²) < 4.78 is 46.6. The normalized spacial score (nSPS) is 31.2. The van der Waals surface area contributed by atoms with E-state index in [2.05, 4.69) is 0 Å². The van der Waals surface area contributed by atoms with Crippen molar-refractivity contribution in [2.24, 2.45) is 5.92 Å². The van der Waals surface area contributed by atoms with Crippen LogP contribution in [0.1, 0.15) is 163 Å². The molecule has 3 heterocycles.